The molecular weight excluding hydrogens is 262 g/mol. The molecule has 0 aromatic heterocycles. The number of sulfonamides is 1. The molecule has 0 aliphatic rings. The van der Waals surface area contributed by atoms with Gasteiger partial charge in [0.25, 0.3) is 0 Å². The molecule has 1 rings (SSSR count). The van der Waals surface area contributed by atoms with Crippen molar-refractivity contribution in [2.45, 2.75) is 50.5 Å². The molecule has 0 amide bonds. The molecule has 0 aliphatic carbocycles. The fourth-order valence-corrected chi connectivity index (χ4v) is 3.32. The van der Waals surface area contributed by atoms with Crippen LogP contribution in [0.3, 0.4) is 0 Å². The third kappa shape index (κ3) is 4.93. The molecule has 5 heteroatoms. The lowest BCUT2D eigenvalue weighted by Crippen LogP contribution is -2.43. The van der Waals surface area contributed by atoms with Crippen LogP contribution in [0.5, 0.6) is 0 Å². The van der Waals surface area contributed by atoms with Gasteiger partial charge in [-0.15, -0.1) is 0 Å². The van der Waals surface area contributed by atoms with E-state index >= 15 is 0 Å². The van der Waals surface area contributed by atoms with Crippen LogP contribution in [0.2, 0.25) is 0 Å². The van der Waals surface area contributed by atoms with Crippen LogP contribution in [0.15, 0.2) is 29.2 Å². The summed E-state index contributed by atoms with van der Waals surface area (Å²) in [4.78, 5) is 0.262. The minimum absolute atomic E-state index is 0.0506. The van der Waals surface area contributed by atoms with Gasteiger partial charge in [-0.05, 0) is 44.4 Å². The third-order valence-electron chi connectivity index (χ3n) is 2.92. The number of aryl methyl sites for hydroxylation is 1. The Labute approximate surface area is 115 Å². The number of aliphatic hydroxyl groups excluding tert-OH is 1. The Bertz CT molecular complexity index is 492. The van der Waals surface area contributed by atoms with Crippen LogP contribution >= 0.6 is 0 Å². The molecule has 0 atom stereocenters. The van der Waals surface area contributed by atoms with Crippen LogP contribution in [0.4, 0.5) is 0 Å². The van der Waals surface area contributed by atoms with E-state index in [1.54, 1.807) is 26.0 Å². The standard InChI is InChI=1S/C14H23NO3S/c1-4-5-12-6-8-13(9-7-12)19(17,18)15-14(2,3)10-11-16/h6-9,15-16H,4-5,10-11H2,1-3H3. The topological polar surface area (TPSA) is 66.4 Å². The summed E-state index contributed by atoms with van der Waals surface area (Å²) in [6, 6.07) is 6.94. The molecule has 0 fully saturated rings. The first-order valence-corrected chi connectivity index (χ1v) is 8.03. The van der Waals surface area contributed by atoms with Crippen LogP contribution in [-0.4, -0.2) is 25.7 Å². The summed E-state index contributed by atoms with van der Waals surface area (Å²) < 4.78 is 27.0. The van der Waals surface area contributed by atoms with Gasteiger partial charge >= 0.3 is 0 Å². The van der Waals surface area contributed by atoms with E-state index in [0.29, 0.717) is 6.42 Å². The maximum atomic E-state index is 12.2. The maximum Gasteiger partial charge on any atom is 0.241 e. The van der Waals surface area contributed by atoms with Crippen molar-refractivity contribution < 1.29 is 13.5 Å². The molecule has 0 saturated carbocycles. The van der Waals surface area contributed by atoms with E-state index in [-0.39, 0.29) is 11.5 Å². The molecule has 0 heterocycles. The largest absolute Gasteiger partial charge is 0.396 e. The lowest BCUT2D eigenvalue weighted by atomic mass is 10.0. The Balaban J connectivity index is 2.88. The second-order valence-electron chi connectivity index (χ2n) is 5.36. The first-order valence-electron chi connectivity index (χ1n) is 6.54. The minimum Gasteiger partial charge on any atom is -0.396 e. The molecule has 0 spiro atoms. The first-order chi connectivity index (χ1) is 8.80. The van der Waals surface area contributed by atoms with E-state index in [1.165, 1.54) is 0 Å². The highest BCUT2D eigenvalue weighted by Crippen LogP contribution is 2.16. The summed E-state index contributed by atoms with van der Waals surface area (Å²) in [6.45, 7) is 5.55. The zero-order chi connectivity index (χ0) is 14.5. The summed E-state index contributed by atoms with van der Waals surface area (Å²) in [5, 5.41) is 8.93. The normalized spacial score (nSPS) is 12.6. The molecule has 0 saturated heterocycles. The van der Waals surface area contributed by atoms with Gasteiger partial charge in [-0.25, -0.2) is 13.1 Å². The van der Waals surface area contributed by atoms with E-state index in [9.17, 15) is 8.42 Å². The highest BCUT2D eigenvalue weighted by atomic mass is 32.2. The zero-order valence-corrected chi connectivity index (χ0v) is 12.6. The average Bonchev–Trinajstić information content (AvgIpc) is 2.28. The van der Waals surface area contributed by atoms with Crippen molar-refractivity contribution in [2.24, 2.45) is 0 Å². The molecular formula is C14H23NO3S. The quantitative estimate of drug-likeness (QED) is 0.806. The molecule has 0 bridgehead atoms. The second kappa shape index (κ2) is 6.50. The van der Waals surface area contributed by atoms with Crippen LogP contribution in [0.25, 0.3) is 0 Å². The number of rotatable bonds is 7. The molecule has 1 aromatic rings. The first kappa shape index (κ1) is 16.1. The predicted octanol–water partition coefficient (Wildman–Crippen LogP) is 2.08. The molecule has 108 valence electrons. The smallest absolute Gasteiger partial charge is 0.241 e. The summed E-state index contributed by atoms with van der Waals surface area (Å²) in [5.74, 6) is 0. The van der Waals surface area contributed by atoms with Crippen molar-refractivity contribution in [1.29, 1.82) is 0 Å². The van der Waals surface area contributed by atoms with Crippen LogP contribution < -0.4 is 4.72 Å². The average molecular weight is 285 g/mol. The van der Waals surface area contributed by atoms with Gasteiger partial charge in [0.1, 0.15) is 0 Å². The zero-order valence-electron chi connectivity index (χ0n) is 11.8. The summed E-state index contributed by atoms with van der Waals surface area (Å²) in [6.07, 6.45) is 2.36. The van der Waals surface area contributed by atoms with Gasteiger partial charge in [0, 0.05) is 12.1 Å². The Morgan fingerprint density at radius 3 is 2.26 bits per heavy atom. The Morgan fingerprint density at radius 1 is 1.21 bits per heavy atom. The highest BCUT2D eigenvalue weighted by Gasteiger charge is 2.25. The molecule has 19 heavy (non-hydrogen) atoms. The molecule has 2 N–H and O–H groups in total. The van der Waals surface area contributed by atoms with Crippen LogP contribution in [0, 0.1) is 0 Å². The number of benzene rings is 1. The fourth-order valence-electron chi connectivity index (χ4n) is 1.88. The monoisotopic (exact) mass is 285 g/mol. The summed E-state index contributed by atoms with van der Waals surface area (Å²) >= 11 is 0. The number of hydrogen-bond acceptors (Lipinski definition) is 3. The van der Waals surface area contributed by atoms with Crippen molar-refractivity contribution in [2.75, 3.05) is 6.61 Å². The van der Waals surface area contributed by atoms with Crippen LogP contribution in [-0.2, 0) is 16.4 Å². The molecule has 0 unspecified atom stereocenters. The second-order valence-corrected chi connectivity index (χ2v) is 7.04. The van der Waals surface area contributed by atoms with Gasteiger partial charge in [0.2, 0.25) is 10.0 Å². The maximum absolute atomic E-state index is 12.2. The Kier molecular flexibility index (Phi) is 5.52. The van der Waals surface area contributed by atoms with E-state index in [1.807, 2.05) is 12.1 Å². The summed E-state index contributed by atoms with van der Waals surface area (Å²) in [5.41, 5.74) is 0.478. The Hall–Kier alpha value is -0.910. The van der Waals surface area contributed by atoms with Gasteiger partial charge < -0.3 is 5.11 Å². The van der Waals surface area contributed by atoms with Crippen molar-refractivity contribution >= 4 is 10.0 Å². The summed E-state index contributed by atoms with van der Waals surface area (Å²) in [7, 11) is -3.53. The van der Waals surface area contributed by atoms with E-state index in [2.05, 4.69) is 11.6 Å². The van der Waals surface area contributed by atoms with Crippen molar-refractivity contribution in [1.82, 2.24) is 4.72 Å². The lowest BCUT2D eigenvalue weighted by Gasteiger charge is -2.25. The van der Waals surface area contributed by atoms with Crippen LogP contribution in [0.1, 0.15) is 39.2 Å². The number of nitrogens with one attached hydrogen (secondary N) is 1. The predicted molar refractivity (Wildman–Crippen MR) is 76.5 cm³/mol. The van der Waals surface area contributed by atoms with E-state index in [0.717, 1.165) is 18.4 Å². The number of hydrogen-bond donors (Lipinski definition) is 2. The van der Waals surface area contributed by atoms with Gasteiger partial charge in [0.05, 0.1) is 4.90 Å². The van der Waals surface area contributed by atoms with E-state index in [4.69, 9.17) is 5.11 Å². The molecule has 1 aromatic carbocycles. The van der Waals surface area contributed by atoms with Crippen molar-refractivity contribution in [3.8, 4) is 0 Å². The fraction of sp³-hybridized carbons (Fsp3) is 0.571. The van der Waals surface area contributed by atoms with Crippen molar-refractivity contribution in [3.63, 3.8) is 0 Å². The number of aliphatic hydroxyl groups is 1. The lowest BCUT2D eigenvalue weighted by molar-refractivity contribution is 0.246. The SMILES string of the molecule is CCCc1ccc(S(=O)(=O)NC(C)(C)CCO)cc1. The molecule has 4 nitrogen and oxygen atoms in total. The van der Waals surface area contributed by atoms with Gasteiger partial charge in [-0.1, -0.05) is 25.5 Å². The molecule has 0 radical (unpaired) electrons. The van der Waals surface area contributed by atoms with Crippen molar-refractivity contribution in [3.05, 3.63) is 29.8 Å². The van der Waals surface area contributed by atoms with Gasteiger partial charge in [-0.2, -0.15) is 0 Å². The van der Waals surface area contributed by atoms with Gasteiger partial charge in [-0.3, -0.25) is 0 Å². The highest BCUT2D eigenvalue weighted by molar-refractivity contribution is 7.89. The third-order valence-corrected chi connectivity index (χ3v) is 4.63. The molecule has 0 aliphatic heterocycles. The Morgan fingerprint density at radius 2 is 1.79 bits per heavy atom. The van der Waals surface area contributed by atoms with E-state index < -0.39 is 15.6 Å². The van der Waals surface area contributed by atoms with Gasteiger partial charge in [0.15, 0.2) is 0 Å². The minimum atomic E-state index is -3.53.